The largest absolute Gasteiger partial charge is 0.353 e. The minimum absolute atomic E-state index is 0.287. The van der Waals surface area contributed by atoms with E-state index in [1.54, 1.807) is 12.3 Å². The zero-order valence-corrected chi connectivity index (χ0v) is 13.7. The number of rotatable bonds is 2. The highest BCUT2D eigenvalue weighted by Gasteiger charge is 2.16. The molecule has 0 aliphatic heterocycles. The Balaban J connectivity index is 1.57. The number of amides is 1. The smallest absolute Gasteiger partial charge is 0.277 e. The Morgan fingerprint density at radius 1 is 0.885 bits per heavy atom. The minimum atomic E-state index is -0.287. The normalized spacial score (nSPS) is 11.2. The quantitative estimate of drug-likeness (QED) is 0.497. The van der Waals surface area contributed by atoms with Crippen LogP contribution in [0.2, 0.25) is 0 Å². The van der Waals surface area contributed by atoms with Crippen molar-refractivity contribution >= 4 is 44.4 Å². The highest BCUT2D eigenvalue weighted by atomic mass is 16.1. The van der Waals surface area contributed by atoms with Crippen molar-refractivity contribution in [2.45, 2.75) is 0 Å². The van der Waals surface area contributed by atoms with Gasteiger partial charge in [-0.15, -0.1) is 0 Å². The number of nitrogens with zero attached hydrogens (tertiary/aromatic N) is 2. The second kappa shape index (κ2) is 5.67. The SMILES string of the molecule is O=C(Nc1ccc2ccccc2n1)c1nccc2c1[nH]c1ccccc12. The fourth-order valence-electron chi connectivity index (χ4n) is 3.26. The predicted octanol–water partition coefficient (Wildman–Crippen LogP) is 4.52. The summed E-state index contributed by atoms with van der Waals surface area (Å²) in [6.45, 7) is 0. The summed E-state index contributed by atoms with van der Waals surface area (Å²) < 4.78 is 0. The Bertz CT molecular complexity index is 1290. The number of fused-ring (bicyclic) bond motifs is 4. The van der Waals surface area contributed by atoms with Crippen LogP contribution in [0.1, 0.15) is 10.5 Å². The summed E-state index contributed by atoms with van der Waals surface area (Å²) in [5.74, 6) is 0.216. The summed E-state index contributed by atoms with van der Waals surface area (Å²) in [6, 6.07) is 21.4. The maximum atomic E-state index is 12.8. The molecule has 3 heterocycles. The number of carbonyl (C=O) groups excluding carboxylic acids is 1. The highest BCUT2D eigenvalue weighted by Crippen LogP contribution is 2.26. The zero-order valence-electron chi connectivity index (χ0n) is 13.7. The summed E-state index contributed by atoms with van der Waals surface area (Å²) in [4.78, 5) is 24.9. The van der Waals surface area contributed by atoms with Crippen molar-refractivity contribution in [2.24, 2.45) is 0 Å². The number of hydrogen-bond acceptors (Lipinski definition) is 3. The lowest BCUT2D eigenvalue weighted by Gasteiger charge is -2.06. The maximum absolute atomic E-state index is 12.8. The molecule has 5 heteroatoms. The van der Waals surface area contributed by atoms with Crippen molar-refractivity contribution in [1.29, 1.82) is 0 Å². The van der Waals surface area contributed by atoms with Gasteiger partial charge in [0.15, 0.2) is 5.69 Å². The fourth-order valence-corrected chi connectivity index (χ4v) is 3.26. The van der Waals surface area contributed by atoms with E-state index < -0.39 is 0 Å². The molecule has 5 aromatic rings. The molecule has 0 bridgehead atoms. The first-order chi connectivity index (χ1) is 12.8. The molecule has 5 rings (SSSR count). The summed E-state index contributed by atoms with van der Waals surface area (Å²) in [6.07, 6.45) is 1.66. The first kappa shape index (κ1) is 14.6. The van der Waals surface area contributed by atoms with Gasteiger partial charge in [0.05, 0.1) is 11.0 Å². The van der Waals surface area contributed by atoms with Crippen molar-refractivity contribution < 1.29 is 4.79 Å². The van der Waals surface area contributed by atoms with Gasteiger partial charge in [-0.25, -0.2) is 9.97 Å². The Hall–Kier alpha value is -3.73. The van der Waals surface area contributed by atoms with Crippen LogP contribution in [0.3, 0.4) is 0 Å². The molecule has 124 valence electrons. The maximum Gasteiger partial charge on any atom is 0.277 e. The summed E-state index contributed by atoms with van der Waals surface area (Å²) >= 11 is 0. The molecular formula is C21H14N4O. The van der Waals surface area contributed by atoms with E-state index in [1.165, 1.54) is 0 Å². The molecule has 2 N–H and O–H groups in total. The van der Waals surface area contributed by atoms with E-state index in [2.05, 4.69) is 20.3 Å². The number of H-pyrrole nitrogens is 1. The van der Waals surface area contributed by atoms with Crippen molar-refractivity contribution in [2.75, 3.05) is 5.32 Å². The molecule has 0 radical (unpaired) electrons. The van der Waals surface area contributed by atoms with E-state index in [0.29, 0.717) is 11.5 Å². The molecule has 0 saturated carbocycles. The molecule has 26 heavy (non-hydrogen) atoms. The highest BCUT2D eigenvalue weighted by molar-refractivity contribution is 6.16. The molecular weight excluding hydrogens is 324 g/mol. The third-order valence-corrected chi connectivity index (χ3v) is 4.48. The number of benzene rings is 2. The first-order valence-corrected chi connectivity index (χ1v) is 8.32. The number of carbonyl (C=O) groups is 1. The van der Waals surface area contributed by atoms with Crippen LogP contribution in [-0.2, 0) is 0 Å². The monoisotopic (exact) mass is 338 g/mol. The van der Waals surface area contributed by atoms with Crippen LogP contribution in [0, 0.1) is 0 Å². The second-order valence-corrected chi connectivity index (χ2v) is 6.10. The number of anilines is 1. The minimum Gasteiger partial charge on any atom is -0.353 e. The van der Waals surface area contributed by atoms with Crippen LogP contribution in [0.25, 0.3) is 32.7 Å². The van der Waals surface area contributed by atoms with Crippen LogP contribution < -0.4 is 5.32 Å². The lowest BCUT2D eigenvalue weighted by Crippen LogP contribution is -2.15. The molecule has 0 aliphatic rings. The van der Waals surface area contributed by atoms with E-state index in [1.807, 2.05) is 60.7 Å². The van der Waals surface area contributed by atoms with Crippen LogP contribution in [-0.4, -0.2) is 20.9 Å². The van der Waals surface area contributed by atoms with Crippen molar-refractivity contribution in [3.63, 3.8) is 0 Å². The predicted molar refractivity (Wildman–Crippen MR) is 103 cm³/mol. The number of hydrogen-bond donors (Lipinski definition) is 2. The van der Waals surface area contributed by atoms with E-state index >= 15 is 0 Å². The van der Waals surface area contributed by atoms with Gasteiger partial charge >= 0.3 is 0 Å². The van der Waals surface area contributed by atoms with E-state index in [9.17, 15) is 4.79 Å². The Kier molecular flexibility index (Phi) is 3.18. The third kappa shape index (κ3) is 2.29. The number of aromatic nitrogens is 3. The number of para-hydroxylation sites is 2. The average molecular weight is 338 g/mol. The van der Waals surface area contributed by atoms with Crippen LogP contribution in [0.5, 0.6) is 0 Å². The molecule has 0 fully saturated rings. The van der Waals surface area contributed by atoms with Gasteiger partial charge in [0.2, 0.25) is 0 Å². The number of pyridine rings is 2. The van der Waals surface area contributed by atoms with Crippen molar-refractivity contribution in [3.8, 4) is 0 Å². The van der Waals surface area contributed by atoms with Gasteiger partial charge in [-0.2, -0.15) is 0 Å². The third-order valence-electron chi connectivity index (χ3n) is 4.48. The van der Waals surface area contributed by atoms with Crippen molar-refractivity contribution in [3.05, 3.63) is 78.6 Å². The van der Waals surface area contributed by atoms with E-state index in [4.69, 9.17) is 0 Å². The molecule has 0 unspecified atom stereocenters. The molecule has 0 atom stereocenters. The lowest BCUT2D eigenvalue weighted by atomic mass is 10.1. The van der Waals surface area contributed by atoms with Crippen LogP contribution in [0.15, 0.2) is 72.9 Å². The standard InChI is InChI=1S/C21H14N4O/c26-21(25-18-10-9-13-5-1-3-7-16(13)23-18)20-19-15(11-12-22-20)14-6-2-4-8-17(14)24-19/h1-12,24H,(H,23,25,26). The molecule has 2 aromatic carbocycles. The van der Waals surface area contributed by atoms with Crippen LogP contribution in [0.4, 0.5) is 5.82 Å². The van der Waals surface area contributed by atoms with Gasteiger partial charge in [-0.05, 0) is 30.3 Å². The molecule has 0 saturated heterocycles. The summed E-state index contributed by atoms with van der Waals surface area (Å²) in [5, 5.41) is 5.93. The summed E-state index contributed by atoms with van der Waals surface area (Å²) in [5.41, 5.74) is 2.90. The van der Waals surface area contributed by atoms with Gasteiger partial charge in [0.1, 0.15) is 5.82 Å². The van der Waals surface area contributed by atoms with Gasteiger partial charge in [0.25, 0.3) is 5.91 Å². The number of aromatic amines is 1. The Morgan fingerprint density at radius 2 is 1.73 bits per heavy atom. The van der Waals surface area contributed by atoms with Gasteiger partial charge in [-0.1, -0.05) is 36.4 Å². The van der Waals surface area contributed by atoms with Gasteiger partial charge < -0.3 is 10.3 Å². The molecule has 0 spiro atoms. The van der Waals surface area contributed by atoms with Crippen molar-refractivity contribution in [1.82, 2.24) is 15.0 Å². The molecule has 0 aliphatic carbocycles. The zero-order chi connectivity index (χ0) is 17.5. The first-order valence-electron chi connectivity index (χ1n) is 8.32. The Labute approximate surface area is 148 Å². The fraction of sp³-hybridized carbons (Fsp3) is 0. The van der Waals surface area contributed by atoms with E-state index in [-0.39, 0.29) is 5.91 Å². The van der Waals surface area contributed by atoms with E-state index in [0.717, 1.165) is 32.7 Å². The van der Waals surface area contributed by atoms with Gasteiger partial charge in [0, 0.05) is 27.9 Å². The average Bonchev–Trinajstić information content (AvgIpc) is 3.06. The summed E-state index contributed by atoms with van der Waals surface area (Å²) in [7, 11) is 0. The van der Waals surface area contributed by atoms with Crippen LogP contribution >= 0.6 is 0 Å². The molecule has 3 aromatic heterocycles. The second-order valence-electron chi connectivity index (χ2n) is 6.10. The molecule has 1 amide bonds. The Morgan fingerprint density at radius 3 is 2.69 bits per heavy atom. The molecule has 5 nitrogen and oxygen atoms in total. The van der Waals surface area contributed by atoms with Gasteiger partial charge in [-0.3, -0.25) is 4.79 Å². The topological polar surface area (TPSA) is 70.7 Å². The number of nitrogens with one attached hydrogen (secondary N) is 2. The lowest BCUT2D eigenvalue weighted by molar-refractivity contribution is 0.102.